The molecule has 0 heterocycles. The van der Waals surface area contributed by atoms with Gasteiger partial charge in [-0.05, 0) is 24.1 Å². The van der Waals surface area contributed by atoms with E-state index in [1.807, 2.05) is 18.2 Å². The highest BCUT2D eigenvalue weighted by Crippen LogP contribution is 2.05. The maximum Gasteiger partial charge on any atom is 0.0991 e. The quantitative estimate of drug-likeness (QED) is 0.657. The molecule has 0 N–H and O–H groups in total. The lowest BCUT2D eigenvalue weighted by Crippen LogP contribution is -1.83. The fraction of sp³-hybridized carbons (Fsp3) is 0.200. The zero-order valence-electron chi connectivity index (χ0n) is 6.62. The Kier molecular flexibility index (Phi) is 2.87. The summed E-state index contributed by atoms with van der Waals surface area (Å²) in [5.74, 6) is 0. The lowest BCUT2D eigenvalue weighted by Gasteiger charge is -1.95. The first-order valence-corrected chi connectivity index (χ1v) is 3.73. The summed E-state index contributed by atoms with van der Waals surface area (Å²) in [4.78, 5) is 0. The second-order valence-electron chi connectivity index (χ2n) is 2.47. The van der Waals surface area contributed by atoms with Gasteiger partial charge in [0.2, 0.25) is 0 Å². The highest BCUT2D eigenvalue weighted by molar-refractivity contribution is 5.31. The zero-order valence-corrected chi connectivity index (χ0v) is 6.62. The number of rotatable bonds is 2. The van der Waals surface area contributed by atoms with Crippen molar-refractivity contribution in [2.24, 2.45) is 0 Å². The Balaban J connectivity index is 2.68. The van der Waals surface area contributed by atoms with Gasteiger partial charge in [0.15, 0.2) is 0 Å². The Morgan fingerprint density at radius 2 is 1.75 bits per heavy atom. The molecule has 1 aromatic rings. The molecule has 0 atom stereocenters. The van der Waals surface area contributed by atoms with Gasteiger partial charge in [0.05, 0.1) is 17.7 Å². The number of nitriles is 2. The standard InChI is InChI=1S/C10H8N2/c11-7-1-2-9-3-5-10(8-12)6-4-9/h3-6H,1-2H2. The van der Waals surface area contributed by atoms with Gasteiger partial charge in [-0.1, -0.05) is 12.1 Å². The Labute approximate surface area is 71.7 Å². The number of nitrogens with zero attached hydrogens (tertiary/aromatic N) is 2. The van der Waals surface area contributed by atoms with Crippen LogP contribution in [0.25, 0.3) is 0 Å². The molecule has 0 bridgehead atoms. The zero-order chi connectivity index (χ0) is 8.81. The molecule has 0 aliphatic rings. The minimum absolute atomic E-state index is 0.534. The number of benzene rings is 1. The van der Waals surface area contributed by atoms with E-state index in [1.54, 1.807) is 12.1 Å². The Bertz CT molecular complexity index is 324. The van der Waals surface area contributed by atoms with Crippen LogP contribution >= 0.6 is 0 Å². The van der Waals surface area contributed by atoms with Crippen LogP contribution in [0.2, 0.25) is 0 Å². The molecule has 1 aromatic carbocycles. The average molecular weight is 156 g/mol. The molecule has 0 aliphatic heterocycles. The van der Waals surface area contributed by atoms with Crippen LogP contribution in [0, 0.1) is 22.7 Å². The summed E-state index contributed by atoms with van der Waals surface area (Å²) in [6.07, 6.45) is 1.30. The van der Waals surface area contributed by atoms with Crippen molar-refractivity contribution >= 4 is 0 Å². The van der Waals surface area contributed by atoms with Crippen molar-refractivity contribution in [1.29, 1.82) is 10.5 Å². The highest BCUT2D eigenvalue weighted by Gasteiger charge is 1.92. The minimum Gasteiger partial charge on any atom is -0.198 e. The molecule has 0 saturated carbocycles. The summed E-state index contributed by atoms with van der Waals surface area (Å²) in [6.45, 7) is 0. The van der Waals surface area contributed by atoms with Crippen LogP contribution in [0.1, 0.15) is 17.5 Å². The molecule has 0 unspecified atom stereocenters. The third-order valence-corrected chi connectivity index (χ3v) is 1.61. The van der Waals surface area contributed by atoms with Crippen molar-refractivity contribution in [3.63, 3.8) is 0 Å². The molecular weight excluding hydrogens is 148 g/mol. The van der Waals surface area contributed by atoms with E-state index in [1.165, 1.54) is 0 Å². The summed E-state index contributed by atoms with van der Waals surface area (Å²) in [5.41, 5.74) is 1.77. The number of hydrogen-bond donors (Lipinski definition) is 0. The summed E-state index contributed by atoms with van der Waals surface area (Å²) in [7, 11) is 0. The summed E-state index contributed by atoms with van der Waals surface area (Å²) in [5, 5.41) is 16.8. The van der Waals surface area contributed by atoms with Crippen molar-refractivity contribution < 1.29 is 0 Å². The lowest BCUT2D eigenvalue weighted by molar-refractivity contribution is 1.01. The number of hydrogen-bond acceptors (Lipinski definition) is 2. The van der Waals surface area contributed by atoms with Crippen molar-refractivity contribution in [1.82, 2.24) is 0 Å². The van der Waals surface area contributed by atoms with Crippen LogP contribution in [-0.4, -0.2) is 0 Å². The fourth-order valence-corrected chi connectivity index (χ4v) is 0.946. The van der Waals surface area contributed by atoms with Crippen molar-refractivity contribution in [2.75, 3.05) is 0 Å². The molecule has 1 rings (SSSR count). The van der Waals surface area contributed by atoms with Gasteiger partial charge in [-0.3, -0.25) is 0 Å². The first-order chi connectivity index (χ1) is 5.86. The highest BCUT2D eigenvalue weighted by atomic mass is 14.2. The Morgan fingerprint density at radius 1 is 1.08 bits per heavy atom. The second-order valence-corrected chi connectivity index (χ2v) is 2.47. The molecule has 0 aromatic heterocycles. The fourth-order valence-electron chi connectivity index (χ4n) is 0.946. The van der Waals surface area contributed by atoms with Gasteiger partial charge >= 0.3 is 0 Å². The predicted octanol–water partition coefficient (Wildman–Crippen LogP) is 2.01. The van der Waals surface area contributed by atoms with Gasteiger partial charge in [0.1, 0.15) is 0 Å². The minimum atomic E-state index is 0.534. The van der Waals surface area contributed by atoms with Gasteiger partial charge in [0.25, 0.3) is 0 Å². The van der Waals surface area contributed by atoms with Crippen LogP contribution in [0.15, 0.2) is 24.3 Å². The van der Waals surface area contributed by atoms with Crippen molar-refractivity contribution in [3.8, 4) is 12.1 Å². The van der Waals surface area contributed by atoms with Gasteiger partial charge < -0.3 is 0 Å². The van der Waals surface area contributed by atoms with Crippen molar-refractivity contribution in [3.05, 3.63) is 35.4 Å². The maximum absolute atomic E-state index is 8.50. The van der Waals surface area contributed by atoms with Gasteiger partial charge in [0, 0.05) is 6.42 Å². The van der Waals surface area contributed by atoms with Crippen LogP contribution in [0.3, 0.4) is 0 Å². The van der Waals surface area contributed by atoms with E-state index < -0.39 is 0 Å². The number of aryl methyl sites for hydroxylation is 1. The summed E-state index contributed by atoms with van der Waals surface area (Å²) < 4.78 is 0. The Hall–Kier alpha value is -1.80. The van der Waals surface area contributed by atoms with E-state index in [2.05, 4.69) is 6.07 Å². The van der Waals surface area contributed by atoms with E-state index in [0.717, 1.165) is 12.0 Å². The molecule has 58 valence electrons. The lowest BCUT2D eigenvalue weighted by atomic mass is 10.1. The average Bonchev–Trinajstić information content (AvgIpc) is 2.15. The topological polar surface area (TPSA) is 47.6 Å². The molecule has 0 saturated heterocycles. The Morgan fingerprint density at radius 3 is 2.25 bits per heavy atom. The maximum atomic E-state index is 8.50. The molecule has 12 heavy (non-hydrogen) atoms. The van der Waals surface area contributed by atoms with Gasteiger partial charge in [-0.2, -0.15) is 10.5 Å². The molecule has 0 aliphatic carbocycles. The molecule has 0 spiro atoms. The van der Waals surface area contributed by atoms with E-state index in [4.69, 9.17) is 10.5 Å². The first kappa shape index (κ1) is 8.30. The van der Waals surface area contributed by atoms with E-state index >= 15 is 0 Å². The summed E-state index contributed by atoms with van der Waals surface area (Å²) in [6, 6.07) is 11.4. The monoisotopic (exact) mass is 156 g/mol. The third kappa shape index (κ3) is 2.11. The van der Waals surface area contributed by atoms with Gasteiger partial charge in [-0.25, -0.2) is 0 Å². The van der Waals surface area contributed by atoms with E-state index in [-0.39, 0.29) is 0 Å². The van der Waals surface area contributed by atoms with Crippen LogP contribution < -0.4 is 0 Å². The molecule has 0 radical (unpaired) electrons. The van der Waals surface area contributed by atoms with E-state index in [0.29, 0.717) is 12.0 Å². The summed E-state index contributed by atoms with van der Waals surface area (Å²) >= 11 is 0. The molecule has 2 nitrogen and oxygen atoms in total. The van der Waals surface area contributed by atoms with Gasteiger partial charge in [-0.15, -0.1) is 0 Å². The molecule has 0 amide bonds. The van der Waals surface area contributed by atoms with Crippen LogP contribution in [0.4, 0.5) is 0 Å². The molecular formula is C10H8N2. The second kappa shape index (κ2) is 4.16. The third-order valence-electron chi connectivity index (χ3n) is 1.61. The normalized spacial score (nSPS) is 8.50. The first-order valence-electron chi connectivity index (χ1n) is 3.73. The molecule has 2 heteroatoms. The molecule has 0 fully saturated rings. The smallest absolute Gasteiger partial charge is 0.0991 e. The SMILES string of the molecule is N#CCCc1ccc(C#N)cc1. The van der Waals surface area contributed by atoms with E-state index in [9.17, 15) is 0 Å². The van der Waals surface area contributed by atoms with Crippen LogP contribution in [0.5, 0.6) is 0 Å². The van der Waals surface area contributed by atoms with Crippen molar-refractivity contribution in [2.45, 2.75) is 12.8 Å². The van der Waals surface area contributed by atoms with Crippen LogP contribution in [-0.2, 0) is 6.42 Å². The predicted molar refractivity (Wildman–Crippen MR) is 45.1 cm³/mol. The largest absolute Gasteiger partial charge is 0.198 e.